The van der Waals surface area contributed by atoms with Gasteiger partial charge in [0.15, 0.2) is 33.4 Å². The summed E-state index contributed by atoms with van der Waals surface area (Å²) in [6, 6.07) is 35.0. The average Bonchev–Trinajstić information content (AvgIpc) is 1.64. The Morgan fingerprint density at radius 1 is 0.833 bits per heavy atom. The second kappa shape index (κ2) is 43.9. The fourth-order valence-electron chi connectivity index (χ4n) is 15.2. The lowest BCUT2D eigenvalue weighted by Crippen LogP contribution is -2.40. The summed E-state index contributed by atoms with van der Waals surface area (Å²) in [7, 11) is -1.80. The van der Waals surface area contributed by atoms with Gasteiger partial charge in [0.1, 0.15) is 39.1 Å². The number of pyridine rings is 2. The van der Waals surface area contributed by atoms with E-state index in [4.69, 9.17) is 39.4 Å². The number of ketones is 1. The van der Waals surface area contributed by atoms with Gasteiger partial charge in [-0.2, -0.15) is 45.5 Å². The zero-order valence-corrected chi connectivity index (χ0v) is 74.8. The number of allylic oxidation sites excluding steroid dienone is 1. The van der Waals surface area contributed by atoms with Crippen molar-refractivity contribution in [3.63, 3.8) is 0 Å². The summed E-state index contributed by atoms with van der Waals surface area (Å²) in [4.78, 5) is 49.7. The van der Waals surface area contributed by atoms with Gasteiger partial charge in [-0.05, 0) is 211 Å². The Labute approximate surface area is 737 Å². The number of ether oxygens (including phenoxy) is 5. The highest BCUT2D eigenvalue weighted by Gasteiger charge is 2.40. The number of thioether (sulfide) groups is 1. The van der Waals surface area contributed by atoms with Crippen LogP contribution in [0, 0.1) is 51.9 Å². The molecule has 4 aliphatic rings. The molecular formula is C93H106ClF8N9O13S2. The summed E-state index contributed by atoms with van der Waals surface area (Å²) in [5, 5.41) is 27.5. The molecule has 22 nitrogen and oxygen atoms in total. The van der Waals surface area contributed by atoms with E-state index < -0.39 is 51.9 Å². The molecule has 1 amide bonds. The van der Waals surface area contributed by atoms with Crippen molar-refractivity contribution in [3.8, 4) is 29.3 Å². The molecule has 3 aliphatic heterocycles. The quantitative estimate of drug-likeness (QED) is 0.0134. The number of piperidine rings is 1. The molecule has 3 saturated heterocycles. The number of Topliss-reactive ketones (excluding diaryl/α,β-unsaturated/α-hetero) is 1. The number of nitrogens with one attached hydrogen (secondary N) is 1. The minimum atomic E-state index is -4.66. The zero-order chi connectivity index (χ0) is 91.6. The fraction of sp³-hybridized carbons (Fsp3) is 0.430. The van der Waals surface area contributed by atoms with Crippen molar-refractivity contribution in [1.82, 2.24) is 39.4 Å². The summed E-state index contributed by atoms with van der Waals surface area (Å²) in [6.45, 7) is 27.8. The van der Waals surface area contributed by atoms with Crippen LogP contribution in [0.25, 0.3) is 11.0 Å². The van der Waals surface area contributed by atoms with Crippen molar-refractivity contribution >= 4 is 61.8 Å². The molecular weight excluding hydrogens is 1700 g/mol. The number of fused-ring (bicyclic) bond motifs is 2. The Morgan fingerprint density at radius 3 is 2.11 bits per heavy atom. The highest BCUT2D eigenvalue weighted by molar-refractivity contribution is 8.00. The maximum absolute atomic E-state index is 13.3. The molecule has 1 aliphatic carbocycles. The van der Waals surface area contributed by atoms with E-state index in [0.29, 0.717) is 79.4 Å². The van der Waals surface area contributed by atoms with E-state index in [1.807, 2.05) is 69.5 Å². The Balaban J connectivity index is 0.000000165. The molecule has 9 heterocycles. The number of nitrogens with zero attached hydrogens (tertiary/aromatic N) is 8. The molecule has 2 N–H and O–H groups in total. The van der Waals surface area contributed by atoms with E-state index in [0.717, 1.165) is 106 Å². The topological polar surface area (TPSA) is 269 Å². The lowest BCUT2D eigenvalue weighted by Gasteiger charge is -2.31. The van der Waals surface area contributed by atoms with Crippen LogP contribution in [0.15, 0.2) is 148 Å². The van der Waals surface area contributed by atoms with Crippen molar-refractivity contribution in [2.75, 3.05) is 50.2 Å². The van der Waals surface area contributed by atoms with Crippen molar-refractivity contribution in [2.45, 2.75) is 201 Å². The van der Waals surface area contributed by atoms with E-state index >= 15 is 0 Å². The summed E-state index contributed by atoms with van der Waals surface area (Å²) in [5.41, 5.74) is 11.3. The number of aryl methyl sites for hydroxylation is 7. The predicted molar refractivity (Wildman–Crippen MR) is 464 cm³/mol. The number of carbonyl (C=O) groups excluding carboxylic acids is 3. The van der Waals surface area contributed by atoms with Crippen LogP contribution in [-0.2, 0) is 87.3 Å². The van der Waals surface area contributed by atoms with E-state index in [1.54, 1.807) is 53.6 Å². The van der Waals surface area contributed by atoms with Crippen molar-refractivity contribution in [3.05, 3.63) is 246 Å². The first-order chi connectivity index (χ1) is 59.7. The van der Waals surface area contributed by atoms with E-state index in [2.05, 4.69) is 102 Å². The lowest BCUT2D eigenvalue weighted by molar-refractivity contribution is -0.149. The normalized spacial score (nSPS) is 15.6. The molecule has 10 aromatic rings. The van der Waals surface area contributed by atoms with Gasteiger partial charge < -0.3 is 52.4 Å². The van der Waals surface area contributed by atoms with Crippen molar-refractivity contribution in [2.24, 2.45) is 13.0 Å². The third-order valence-electron chi connectivity index (χ3n) is 21.9. The van der Waals surface area contributed by atoms with Crippen LogP contribution in [-0.4, -0.2) is 128 Å². The number of phenolic OH excluding ortho intramolecular Hbond substituents is 1. The molecule has 0 saturated carbocycles. The molecule has 6 aromatic heterocycles. The molecule has 0 bridgehead atoms. The third kappa shape index (κ3) is 26.4. The third-order valence-corrected chi connectivity index (χ3v) is 24.8. The van der Waals surface area contributed by atoms with Crippen molar-refractivity contribution in [1.29, 1.82) is 5.26 Å². The predicted octanol–water partition coefficient (Wildman–Crippen LogP) is 21.1. The van der Waals surface area contributed by atoms with Gasteiger partial charge in [-0.1, -0.05) is 112 Å². The number of furan rings is 2. The second-order valence-corrected chi connectivity index (χ2v) is 35.5. The number of esters is 1. The average molecular weight is 1810 g/mol. The number of nitriles is 1. The number of sulfone groups is 1. The number of halogens is 9. The maximum atomic E-state index is 13.3. The van der Waals surface area contributed by atoms with Crippen molar-refractivity contribution < 1.29 is 95.5 Å². The van der Waals surface area contributed by atoms with Crippen LogP contribution in [0.3, 0.4) is 0 Å². The van der Waals surface area contributed by atoms with Crippen LogP contribution < -0.4 is 14.8 Å². The highest BCUT2D eigenvalue weighted by Crippen LogP contribution is 2.40. The van der Waals surface area contributed by atoms with Gasteiger partial charge in [0.2, 0.25) is 11.8 Å². The number of hydrogen-bond donors (Lipinski definition) is 2. The standard InChI is InChI=1S/C21H33NO3.C20H23F2NO.C20H21NO5S.C19H18F3N3OS.C13H11ClF3N3O3/c1-6-25-21(24)17-7-9-22(10-8-17)13-16-11-18(14(2)3)20(23)19(12-16)15(4)5;1-14(17-9-8-16-4-2-3-5-18(16)12-17)23-13-15-6-10-19(11-7-15)24-20(21)22;1-13-5-6-17-14(2)19(26-18(17)10-13)20(22)21(11-16-4-3-8-25-16)15-7-9-27(23,24)12-15;1-5-6-25-12(3)8-14(13(25)4)17(26)10-27-18-15(9-23)16(19(20,21)22)7-11(2)24-18;1-20-11(6-8(19-20)13(15,16)17)23-10-5-7(4-9(14)18-10)12-21-2-3-22-12/h11-12,14-15,17,23H,6-10,13H2,1-5H3;6-12,14,20,23H,2-5,13H2,1H3;3-6,8,10,15H,7,9,11-12H2,1-2H3;5,7-8H,1,6,10H2,2-4H3;4-6,12H,2-3H2,1H3. The molecule has 126 heavy (non-hydrogen) atoms. The molecule has 0 spiro atoms. The molecule has 33 heteroatoms. The summed E-state index contributed by atoms with van der Waals surface area (Å²) in [5.74, 6) is 1.42. The second-order valence-electron chi connectivity index (χ2n) is 31.9. The first kappa shape index (κ1) is 97.8. The summed E-state index contributed by atoms with van der Waals surface area (Å²) < 4.78 is 165. The maximum Gasteiger partial charge on any atom is 0.435 e. The minimum Gasteiger partial charge on any atom is -0.507 e. The number of amides is 1. The van der Waals surface area contributed by atoms with Gasteiger partial charge >= 0.3 is 24.9 Å². The number of hydrogen-bond acceptors (Lipinski definition) is 20. The molecule has 4 aromatic carbocycles. The Morgan fingerprint density at radius 2 is 1.52 bits per heavy atom. The van der Waals surface area contributed by atoms with Crippen LogP contribution >= 0.6 is 23.4 Å². The number of aromatic hydroxyl groups is 1. The first-order valence-electron chi connectivity index (χ1n) is 41.5. The SMILES string of the molecule is C=CCn1c(C)cc(C(=O)CSc2nc(C)cc(C(F)(F)F)c2C#N)c1C.CC(NCc1ccc(OC(F)F)cc1)c1ccc2c(c1)CCCC2.CCOC(=O)C1CCN(Cc2cc(C(C)C)c(O)c(C(C)C)c2)CC1.Cc1ccc2c(C)c(C(=O)N(Cc3ccco3)C3CCS(=O)(=O)C3)oc2c1.Cn1nc(C(F)(F)F)cc1Oc1cc(C2OCCO2)cc(Cl)n1. The number of carbonyl (C=O) groups is 3. The van der Waals surface area contributed by atoms with Gasteiger partial charge in [-0.25, -0.2) is 23.1 Å². The van der Waals surface area contributed by atoms with Gasteiger partial charge in [0.05, 0.1) is 66.9 Å². The number of benzene rings is 4. The number of alkyl halides is 8. The smallest absolute Gasteiger partial charge is 0.435 e. The Bertz CT molecular complexity index is 5550. The summed E-state index contributed by atoms with van der Waals surface area (Å²) >= 11 is 6.75. The molecule has 676 valence electrons. The fourth-order valence-corrected chi connectivity index (χ4v) is 18.1. The number of likely N-dealkylation sites (tertiary alicyclic amines) is 1. The largest absolute Gasteiger partial charge is 0.507 e. The van der Waals surface area contributed by atoms with Crippen LogP contribution in [0.4, 0.5) is 35.1 Å². The monoisotopic (exact) mass is 1810 g/mol. The molecule has 2 atom stereocenters. The minimum absolute atomic E-state index is 0.0170. The van der Waals surface area contributed by atoms with Crippen LogP contribution in [0.2, 0.25) is 5.15 Å². The van der Waals surface area contributed by atoms with E-state index in [-0.39, 0.29) is 98.6 Å². The first-order valence-corrected chi connectivity index (χ1v) is 44.7. The summed E-state index contributed by atoms with van der Waals surface area (Å²) in [6.07, 6.45) is 0.558. The number of phenols is 1. The van der Waals surface area contributed by atoms with Crippen LogP contribution in [0.5, 0.6) is 23.3 Å². The highest BCUT2D eigenvalue weighted by atomic mass is 35.5. The molecule has 3 fully saturated rings. The van der Waals surface area contributed by atoms with Gasteiger partial charge in [-0.15, -0.1) is 6.58 Å². The van der Waals surface area contributed by atoms with E-state index in [1.165, 1.54) is 74.0 Å². The zero-order valence-electron chi connectivity index (χ0n) is 72.5. The number of rotatable bonds is 25. The molecule has 0 radical (unpaired) electrons. The van der Waals surface area contributed by atoms with Gasteiger partial charge in [0, 0.05) is 90.1 Å². The Kier molecular flexibility index (Phi) is 34.0. The molecule has 14 rings (SSSR count). The number of aromatic nitrogens is 5. The van der Waals surface area contributed by atoms with Crippen LogP contribution in [0.1, 0.15) is 214 Å². The van der Waals surface area contributed by atoms with Gasteiger partial charge in [0.25, 0.3) is 5.91 Å². The Hall–Kier alpha value is -10.4. The molecule has 2 unspecified atom stereocenters. The van der Waals surface area contributed by atoms with E-state index in [9.17, 15) is 68.3 Å². The van der Waals surface area contributed by atoms with Gasteiger partial charge in [-0.3, -0.25) is 19.3 Å². The lowest BCUT2D eigenvalue weighted by atomic mass is 9.89.